The molecular formula is C32H35FN2O9S. The topological polar surface area (TPSA) is 149 Å². The molecule has 0 aromatic heterocycles. The largest absolute Gasteiger partial charge is 0.480 e. The molecule has 2 atom stereocenters. The van der Waals surface area contributed by atoms with Crippen LogP contribution in [0.2, 0.25) is 0 Å². The molecule has 45 heavy (non-hydrogen) atoms. The fourth-order valence-corrected chi connectivity index (χ4v) is 6.17. The van der Waals surface area contributed by atoms with E-state index in [1.165, 1.54) is 59.8 Å². The number of carbonyl (C=O) groups is 3. The number of carbonyl (C=O) groups excluding carboxylic acids is 2. The number of ether oxygens (including phenoxy) is 3. The van der Waals surface area contributed by atoms with Gasteiger partial charge in [0, 0.05) is 13.3 Å². The summed E-state index contributed by atoms with van der Waals surface area (Å²) in [5.41, 5.74) is -0.772. The van der Waals surface area contributed by atoms with Crippen molar-refractivity contribution < 1.29 is 46.5 Å². The quantitative estimate of drug-likeness (QED) is 0.228. The number of nitrogens with zero attached hydrogens (tertiary/aromatic N) is 1. The van der Waals surface area contributed by atoms with Crippen LogP contribution in [-0.4, -0.2) is 61.3 Å². The fraction of sp³-hybridized carbons (Fsp3) is 0.344. The van der Waals surface area contributed by atoms with Crippen LogP contribution in [0.5, 0.6) is 5.75 Å². The van der Waals surface area contributed by atoms with Crippen LogP contribution in [0.1, 0.15) is 38.8 Å². The number of halogens is 1. The van der Waals surface area contributed by atoms with Gasteiger partial charge < -0.3 is 24.6 Å². The molecule has 0 radical (unpaired) electrons. The highest BCUT2D eigenvalue weighted by Crippen LogP contribution is 2.40. The normalized spacial score (nSPS) is 16.0. The van der Waals surface area contributed by atoms with E-state index in [4.69, 9.17) is 14.2 Å². The Kier molecular flexibility index (Phi) is 9.83. The van der Waals surface area contributed by atoms with Gasteiger partial charge in [0.1, 0.15) is 17.6 Å². The van der Waals surface area contributed by atoms with E-state index in [-0.39, 0.29) is 24.4 Å². The molecule has 1 heterocycles. The lowest BCUT2D eigenvalue weighted by Crippen LogP contribution is -2.64. The van der Waals surface area contributed by atoms with E-state index in [1.807, 2.05) is 30.3 Å². The third-order valence-electron chi connectivity index (χ3n) is 7.01. The maximum absolute atomic E-state index is 13.6. The highest BCUT2D eigenvalue weighted by atomic mass is 32.2. The number of carboxylic acid groups (broad SMARTS) is 1. The number of benzene rings is 3. The van der Waals surface area contributed by atoms with Gasteiger partial charge in [0.15, 0.2) is 5.60 Å². The van der Waals surface area contributed by atoms with E-state index in [0.717, 1.165) is 5.56 Å². The van der Waals surface area contributed by atoms with Gasteiger partial charge in [0.2, 0.25) is 16.3 Å². The Labute approximate surface area is 261 Å². The molecule has 11 nitrogen and oxygen atoms in total. The van der Waals surface area contributed by atoms with Crippen molar-refractivity contribution in [1.29, 1.82) is 0 Å². The molecule has 2 N–H and O–H groups in total. The summed E-state index contributed by atoms with van der Waals surface area (Å²) in [6.07, 6.45) is -2.66. The number of aliphatic carboxylic acids is 1. The number of carboxylic acids is 1. The Morgan fingerprint density at radius 3 is 2.22 bits per heavy atom. The number of nitrogens with one attached hydrogen (secondary N) is 1. The van der Waals surface area contributed by atoms with Crippen molar-refractivity contribution in [2.45, 2.75) is 56.9 Å². The number of hydrogen-bond acceptors (Lipinski definition) is 8. The molecule has 240 valence electrons. The van der Waals surface area contributed by atoms with Gasteiger partial charge in [0.25, 0.3) is 0 Å². The van der Waals surface area contributed by atoms with Crippen molar-refractivity contribution >= 4 is 28.1 Å². The van der Waals surface area contributed by atoms with Gasteiger partial charge in [0.05, 0.1) is 23.4 Å². The zero-order valence-corrected chi connectivity index (χ0v) is 26.0. The fourth-order valence-electron chi connectivity index (χ4n) is 4.57. The minimum Gasteiger partial charge on any atom is -0.480 e. The van der Waals surface area contributed by atoms with E-state index in [0.29, 0.717) is 11.3 Å². The lowest BCUT2D eigenvalue weighted by atomic mass is 9.87. The molecule has 0 aliphatic carbocycles. The zero-order chi connectivity index (χ0) is 33.0. The van der Waals surface area contributed by atoms with E-state index in [9.17, 15) is 32.3 Å². The first-order valence-electron chi connectivity index (χ1n) is 14.1. The van der Waals surface area contributed by atoms with Gasteiger partial charge >= 0.3 is 18.0 Å². The SMILES string of the molecule is C[C@@H](OC(=O)N[C@@H](Cc1cccc(S(=O)(=O)N2CC(Oc3ccc(F)cc3)(c3ccccc3)C2)c1)C(=O)O)OC(=O)C(C)(C)C. The van der Waals surface area contributed by atoms with Gasteiger partial charge in [-0.3, -0.25) is 4.79 Å². The summed E-state index contributed by atoms with van der Waals surface area (Å²) >= 11 is 0. The number of sulfonamides is 1. The van der Waals surface area contributed by atoms with E-state index in [2.05, 4.69) is 5.32 Å². The van der Waals surface area contributed by atoms with Crippen LogP contribution < -0.4 is 10.1 Å². The van der Waals surface area contributed by atoms with Gasteiger partial charge in [-0.2, -0.15) is 4.31 Å². The molecule has 3 aromatic rings. The summed E-state index contributed by atoms with van der Waals surface area (Å²) in [5, 5.41) is 11.9. The van der Waals surface area contributed by atoms with E-state index >= 15 is 0 Å². The smallest absolute Gasteiger partial charge is 0.410 e. The second-order valence-corrected chi connectivity index (χ2v) is 13.6. The summed E-state index contributed by atoms with van der Waals surface area (Å²) in [5.74, 6) is -2.04. The predicted molar refractivity (Wildman–Crippen MR) is 160 cm³/mol. The molecule has 0 bridgehead atoms. The lowest BCUT2D eigenvalue weighted by molar-refractivity contribution is -0.174. The Balaban J connectivity index is 1.45. The van der Waals surface area contributed by atoms with Crippen molar-refractivity contribution in [3.05, 3.63) is 95.8 Å². The molecule has 1 amide bonds. The van der Waals surface area contributed by atoms with Crippen LogP contribution in [0.25, 0.3) is 0 Å². The van der Waals surface area contributed by atoms with Gasteiger partial charge in [-0.15, -0.1) is 0 Å². The number of hydrogen-bond donors (Lipinski definition) is 2. The molecule has 0 unspecified atom stereocenters. The Morgan fingerprint density at radius 1 is 0.978 bits per heavy atom. The number of esters is 1. The maximum Gasteiger partial charge on any atom is 0.410 e. The average molecular weight is 643 g/mol. The Bertz CT molecular complexity index is 1640. The molecule has 0 spiro atoms. The third-order valence-corrected chi connectivity index (χ3v) is 8.80. The standard InChI is InChI=1S/C32H35FN2O9S/c1-21(42-29(38)31(2,3)4)43-30(39)34-27(28(36)37)18-22-9-8-12-26(17-22)45(40,41)35-19-32(20-35,23-10-6-5-7-11-23)44-25-15-13-24(33)14-16-25/h5-17,21,27H,18-20H2,1-4H3,(H,34,39)(H,36,37)/t21-,27+/m1/s1. The predicted octanol–water partition coefficient (Wildman–Crippen LogP) is 4.46. The first kappa shape index (κ1) is 33.4. The second-order valence-electron chi connectivity index (χ2n) is 11.7. The second kappa shape index (κ2) is 13.2. The van der Waals surface area contributed by atoms with Crippen molar-refractivity contribution in [1.82, 2.24) is 9.62 Å². The van der Waals surface area contributed by atoms with Crippen LogP contribution in [0.4, 0.5) is 9.18 Å². The lowest BCUT2D eigenvalue weighted by Gasteiger charge is -2.48. The number of amides is 1. The van der Waals surface area contributed by atoms with E-state index in [1.54, 1.807) is 20.8 Å². The average Bonchev–Trinajstić information content (AvgIpc) is 2.95. The highest BCUT2D eigenvalue weighted by molar-refractivity contribution is 7.89. The van der Waals surface area contributed by atoms with Gasteiger partial charge in [-0.1, -0.05) is 42.5 Å². The molecule has 1 fully saturated rings. The number of rotatable bonds is 11. The monoisotopic (exact) mass is 642 g/mol. The third kappa shape index (κ3) is 8.17. The molecule has 3 aromatic carbocycles. The molecule has 1 aliphatic heterocycles. The minimum absolute atomic E-state index is 0.0237. The molecular weight excluding hydrogens is 607 g/mol. The zero-order valence-electron chi connectivity index (χ0n) is 25.2. The summed E-state index contributed by atoms with van der Waals surface area (Å²) in [7, 11) is -4.04. The van der Waals surface area contributed by atoms with Crippen LogP contribution in [-0.2, 0) is 41.1 Å². The van der Waals surface area contributed by atoms with Crippen LogP contribution in [0, 0.1) is 11.2 Å². The Hall–Kier alpha value is -4.49. The van der Waals surface area contributed by atoms with Crippen molar-refractivity contribution in [3.8, 4) is 5.75 Å². The van der Waals surface area contributed by atoms with Gasteiger partial charge in [-0.05, 0) is 68.3 Å². The summed E-state index contributed by atoms with van der Waals surface area (Å²) in [6, 6.07) is 18.9. The van der Waals surface area contributed by atoms with Crippen LogP contribution >= 0.6 is 0 Å². The molecule has 1 aliphatic rings. The first-order chi connectivity index (χ1) is 21.1. The summed E-state index contributed by atoms with van der Waals surface area (Å²) in [4.78, 5) is 36.2. The molecule has 0 saturated carbocycles. The highest BCUT2D eigenvalue weighted by Gasteiger charge is 2.52. The Morgan fingerprint density at radius 2 is 1.62 bits per heavy atom. The molecule has 4 rings (SSSR count). The van der Waals surface area contributed by atoms with E-state index < -0.39 is 57.2 Å². The summed E-state index contributed by atoms with van der Waals surface area (Å²) < 4.78 is 58.2. The van der Waals surface area contributed by atoms with Crippen molar-refractivity contribution in [2.24, 2.45) is 5.41 Å². The van der Waals surface area contributed by atoms with Crippen LogP contribution in [0.3, 0.4) is 0 Å². The molecule has 13 heteroatoms. The first-order valence-corrected chi connectivity index (χ1v) is 15.5. The molecule has 1 saturated heterocycles. The van der Waals surface area contributed by atoms with Crippen molar-refractivity contribution in [2.75, 3.05) is 13.1 Å². The minimum atomic E-state index is -4.04. The van der Waals surface area contributed by atoms with Crippen molar-refractivity contribution in [3.63, 3.8) is 0 Å². The van der Waals surface area contributed by atoms with Crippen LogP contribution in [0.15, 0.2) is 83.8 Å². The summed E-state index contributed by atoms with van der Waals surface area (Å²) in [6.45, 7) is 6.15. The van der Waals surface area contributed by atoms with Gasteiger partial charge in [-0.25, -0.2) is 22.4 Å². The maximum atomic E-state index is 13.6. The number of alkyl carbamates (subject to hydrolysis) is 1.